The summed E-state index contributed by atoms with van der Waals surface area (Å²) in [7, 11) is 0. The molecule has 0 aliphatic heterocycles. The molecular weight excluding hydrogens is 310 g/mol. The molecule has 0 saturated heterocycles. The number of rotatable bonds is 10. The van der Waals surface area contributed by atoms with E-state index in [0.29, 0.717) is 19.2 Å². The second-order valence-corrected chi connectivity index (χ2v) is 6.79. The molecule has 23 heavy (non-hydrogen) atoms. The van der Waals surface area contributed by atoms with Crippen molar-refractivity contribution in [1.82, 2.24) is 15.1 Å². The van der Waals surface area contributed by atoms with Crippen LogP contribution in [0, 0.1) is 0 Å². The molecule has 0 fully saturated rings. The summed E-state index contributed by atoms with van der Waals surface area (Å²) in [5, 5.41) is 17.2. The summed E-state index contributed by atoms with van der Waals surface area (Å²) in [6.45, 7) is 5.84. The molecule has 0 bridgehead atoms. The minimum absolute atomic E-state index is 0.297. The zero-order valence-electron chi connectivity index (χ0n) is 13.7. The van der Waals surface area contributed by atoms with E-state index in [2.05, 4.69) is 24.3 Å². The van der Waals surface area contributed by atoms with E-state index >= 15 is 0 Å². The van der Waals surface area contributed by atoms with Crippen molar-refractivity contribution in [1.29, 1.82) is 0 Å². The van der Waals surface area contributed by atoms with Gasteiger partial charge in [0.1, 0.15) is 18.5 Å². The van der Waals surface area contributed by atoms with Crippen LogP contribution in [0.3, 0.4) is 0 Å². The third kappa shape index (κ3) is 7.07. The summed E-state index contributed by atoms with van der Waals surface area (Å²) in [5.74, 6) is 1.76. The number of nitrogens with zero attached hydrogens (tertiary/aromatic N) is 2. The Balaban J connectivity index is 1.67. The van der Waals surface area contributed by atoms with E-state index in [9.17, 15) is 5.11 Å². The van der Waals surface area contributed by atoms with E-state index in [1.807, 2.05) is 41.2 Å². The van der Waals surface area contributed by atoms with E-state index in [-0.39, 0.29) is 0 Å². The molecule has 0 saturated carbocycles. The molecule has 2 aromatic rings. The second kappa shape index (κ2) is 9.60. The van der Waals surface area contributed by atoms with Gasteiger partial charge >= 0.3 is 0 Å². The average molecular weight is 335 g/mol. The van der Waals surface area contributed by atoms with Crippen LogP contribution in [0.2, 0.25) is 0 Å². The van der Waals surface area contributed by atoms with Gasteiger partial charge in [0.05, 0.1) is 6.54 Å². The molecule has 2 rings (SSSR count). The van der Waals surface area contributed by atoms with Crippen molar-refractivity contribution in [2.24, 2.45) is 0 Å². The quantitative estimate of drug-likeness (QED) is 0.653. The number of benzene rings is 1. The van der Waals surface area contributed by atoms with Gasteiger partial charge < -0.3 is 15.2 Å². The van der Waals surface area contributed by atoms with Crippen LogP contribution < -0.4 is 10.1 Å². The lowest BCUT2D eigenvalue weighted by molar-refractivity contribution is 0.104. The Morgan fingerprint density at radius 1 is 1.30 bits per heavy atom. The molecule has 1 heterocycles. The van der Waals surface area contributed by atoms with Gasteiger partial charge in [0.25, 0.3) is 0 Å². The number of aryl methyl sites for hydroxylation is 1. The van der Waals surface area contributed by atoms with Crippen molar-refractivity contribution in [3.8, 4) is 5.75 Å². The minimum Gasteiger partial charge on any atom is -0.491 e. The van der Waals surface area contributed by atoms with E-state index < -0.39 is 6.10 Å². The molecule has 6 heteroatoms. The third-order valence-electron chi connectivity index (χ3n) is 3.18. The molecule has 2 N–H and O–H groups in total. The zero-order valence-corrected chi connectivity index (χ0v) is 14.5. The zero-order chi connectivity index (χ0) is 16.5. The molecule has 1 aromatic carbocycles. The number of aliphatic hydroxyl groups excluding tert-OH is 1. The number of hydrogen-bond acceptors (Lipinski definition) is 5. The molecule has 0 amide bonds. The van der Waals surface area contributed by atoms with E-state index in [4.69, 9.17) is 4.74 Å². The first-order chi connectivity index (χ1) is 11.1. The third-order valence-corrected chi connectivity index (χ3v) is 4.17. The standard InChI is InChI=1S/C17H25N3O2S/c1-14(2)18-12-15(21)13-22-16-4-6-17(7-5-16)23-11-10-20-9-3-8-19-20/h3-9,14-15,18,21H,10-13H2,1-2H3. The van der Waals surface area contributed by atoms with Gasteiger partial charge in [0, 0.05) is 35.6 Å². The Kier molecular flexibility index (Phi) is 7.45. The number of hydrogen-bond donors (Lipinski definition) is 2. The predicted octanol–water partition coefficient (Wildman–Crippen LogP) is 2.41. The lowest BCUT2D eigenvalue weighted by Gasteiger charge is -2.15. The van der Waals surface area contributed by atoms with Crippen LogP contribution in [0.15, 0.2) is 47.6 Å². The van der Waals surface area contributed by atoms with Crippen molar-refractivity contribution in [2.45, 2.75) is 37.4 Å². The maximum Gasteiger partial charge on any atom is 0.119 e. The highest BCUT2D eigenvalue weighted by atomic mass is 32.2. The van der Waals surface area contributed by atoms with Gasteiger partial charge in [-0.25, -0.2) is 0 Å². The lowest BCUT2D eigenvalue weighted by atomic mass is 10.3. The minimum atomic E-state index is -0.500. The van der Waals surface area contributed by atoms with Crippen molar-refractivity contribution in [3.63, 3.8) is 0 Å². The molecule has 0 radical (unpaired) electrons. The van der Waals surface area contributed by atoms with Gasteiger partial charge in [-0.2, -0.15) is 5.10 Å². The van der Waals surface area contributed by atoms with Gasteiger partial charge in [0.15, 0.2) is 0 Å². The molecule has 1 unspecified atom stereocenters. The molecule has 1 atom stereocenters. The fourth-order valence-electron chi connectivity index (χ4n) is 1.94. The predicted molar refractivity (Wildman–Crippen MR) is 94.0 cm³/mol. The van der Waals surface area contributed by atoms with E-state index in [0.717, 1.165) is 18.0 Å². The Bertz CT molecular complexity index is 543. The Hall–Kier alpha value is -1.50. The average Bonchev–Trinajstić information content (AvgIpc) is 3.05. The summed E-state index contributed by atoms with van der Waals surface area (Å²) in [6.07, 6.45) is 3.26. The first-order valence-electron chi connectivity index (χ1n) is 7.88. The van der Waals surface area contributed by atoms with Crippen LogP contribution in [-0.4, -0.2) is 45.9 Å². The molecule has 126 valence electrons. The van der Waals surface area contributed by atoms with Gasteiger partial charge in [-0.15, -0.1) is 11.8 Å². The Morgan fingerprint density at radius 2 is 2.09 bits per heavy atom. The Morgan fingerprint density at radius 3 is 2.74 bits per heavy atom. The van der Waals surface area contributed by atoms with Crippen molar-refractivity contribution >= 4 is 11.8 Å². The van der Waals surface area contributed by atoms with Crippen LogP contribution in [0.4, 0.5) is 0 Å². The summed E-state index contributed by atoms with van der Waals surface area (Å²) >= 11 is 1.79. The van der Waals surface area contributed by atoms with Crippen molar-refractivity contribution in [2.75, 3.05) is 18.9 Å². The van der Waals surface area contributed by atoms with Gasteiger partial charge in [-0.3, -0.25) is 4.68 Å². The smallest absolute Gasteiger partial charge is 0.119 e. The first kappa shape index (κ1) is 17.8. The number of thioether (sulfide) groups is 1. The lowest BCUT2D eigenvalue weighted by Crippen LogP contribution is -2.35. The summed E-state index contributed by atoms with van der Waals surface area (Å²) in [5.41, 5.74) is 0. The van der Waals surface area contributed by atoms with E-state index in [1.54, 1.807) is 18.0 Å². The fourth-order valence-corrected chi connectivity index (χ4v) is 2.79. The van der Waals surface area contributed by atoms with Crippen LogP contribution >= 0.6 is 11.8 Å². The van der Waals surface area contributed by atoms with Crippen LogP contribution in [0.1, 0.15) is 13.8 Å². The monoisotopic (exact) mass is 335 g/mol. The fraction of sp³-hybridized carbons (Fsp3) is 0.471. The molecule has 0 aliphatic carbocycles. The summed E-state index contributed by atoms with van der Waals surface area (Å²) < 4.78 is 7.53. The van der Waals surface area contributed by atoms with Crippen LogP contribution in [0.25, 0.3) is 0 Å². The summed E-state index contributed by atoms with van der Waals surface area (Å²) in [4.78, 5) is 1.20. The molecule has 0 spiro atoms. The SMILES string of the molecule is CC(C)NCC(O)COc1ccc(SCCn2cccn2)cc1. The maximum absolute atomic E-state index is 9.82. The Labute approximate surface area is 142 Å². The van der Waals surface area contributed by atoms with Gasteiger partial charge in [-0.05, 0) is 30.3 Å². The topological polar surface area (TPSA) is 59.3 Å². The highest BCUT2D eigenvalue weighted by Crippen LogP contribution is 2.21. The van der Waals surface area contributed by atoms with Gasteiger partial charge in [0.2, 0.25) is 0 Å². The van der Waals surface area contributed by atoms with Crippen molar-refractivity contribution < 1.29 is 9.84 Å². The number of ether oxygens (including phenoxy) is 1. The summed E-state index contributed by atoms with van der Waals surface area (Å²) in [6, 6.07) is 10.3. The van der Waals surface area contributed by atoms with Crippen LogP contribution in [-0.2, 0) is 6.54 Å². The molecule has 5 nitrogen and oxygen atoms in total. The highest BCUT2D eigenvalue weighted by Gasteiger charge is 2.06. The van der Waals surface area contributed by atoms with Gasteiger partial charge in [-0.1, -0.05) is 13.8 Å². The highest BCUT2D eigenvalue weighted by molar-refractivity contribution is 7.99. The first-order valence-corrected chi connectivity index (χ1v) is 8.86. The number of aromatic nitrogens is 2. The number of aliphatic hydroxyl groups is 1. The van der Waals surface area contributed by atoms with E-state index in [1.165, 1.54) is 4.90 Å². The van der Waals surface area contributed by atoms with Crippen LogP contribution in [0.5, 0.6) is 5.75 Å². The number of nitrogens with one attached hydrogen (secondary N) is 1. The normalized spacial score (nSPS) is 12.5. The second-order valence-electron chi connectivity index (χ2n) is 5.62. The largest absolute Gasteiger partial charge is 0.491 e. The van der Waals surface area contributed by atoms with Crippen molar-refractivity contribution in [3.05, 3.63) is 42.7 Å². The molecular formula is C17H25N3O2S. The molecule has 0 aliphatic rings. The maximum atomic E-state index is 9.82. The molecule has 1 aromatic heterocycles.